The van der Waals surface area contributed by atoms with Crippen LogP contribution in [0.2, 0.25) is 0 Å². The Labute approximate surface area is 99.0 Å². The Hall–Kier alpha value is -0.0800. The molecule has 0 aromatic rings. The van der Waals surface area contributed by atoms with Crippen LogP contribution >= 0.6 is 0 Å². The van der Waals surface area contributed by atoms with Crippen molar-refractivity contribution in [1.29, 1.82) is 0 Å². The van der Waals surface area contributed by atoms with Gasteiger partial charge >= 0.3 is 0 Å². The summed E-state index contributed by atoms with van der Waals surface area (Å²) in [5.74, 6) is 1.68. The van der Waals surface area contributed by atoms with Gasteiger partial charge in [-0.05, 0) is 44.1 Å². The maximum atomic E-state index is 10.2. The van der Waals surface area contributed by atoms with Crippen LogP contribution in [0, 0.1) is 11.8 Å². The van der Waals surface area contributed by atoms with Gasteiger partial charge in [-0.3, -0.25) is 4.90 Å². The topological polar surface area (TPSA) is 23.5 Å². The Kier molecular flexibility index (Phi) is 2.97. The highest BCUT2D eigenvalue weighted by atomic mass is 16.3. The van der Waals surface area contributed by atoms with Gasteiger partial charge in [0.05, 0.1) is 5.60 Å². The van der Waals surface area contributed by atoms with Gasteiger partial charge in [-0.1, -0.05) is 25.7 Å². The first-order valence-corrected chi connectivity index (χ1v) is 7.21. The fraction of sp³-hybridized carbons (Fsp3) is 1.00. The van der Waals surface area contributed by atoms with Crippen molar-refractivity contribution in [3.05, 3.63) is 0 Å². The van der Waals surface area contributed by atoms with Gasteiger partial charge in [-0.15, -0.1) is 0 Å². The van der Waals surface area contributed by atoms with Crippen LogP contribution < -0.4 is 0 Å². The molecule has 0 aromatic carbocycles. The number of likely N-dealkylation sites (tertiary alicyclic amines) is 1. The van der Waals surface area contributed by atoms with Crippen molar-refractivity contribution in [3.8, 4) is 0 Å². The van der Waals surface area contributed by atoms with E-state index in [9.17, 15) is 5.11 Å². The van der Waals surface area contributed by atoms with E-state index in [1.807, 2.05) is 0 Å². The van der Waals surface area contributed by atoms with Crippen LogP contribution in [0.3, 0.4) is 0 Å². The van der Waals surface area contributed by atoms with Crippen molar-refractivity contribution in [2.24, 2.45) is 11.8 Å². The molecule has 16 heavy (non-hydrogen) atoms. The molecule has 0 aromatic heterocycles. The van der Waals surface area contributed by atoms with Crippen LogP contribution in [0.5, 0.6) is 0 Å². The molecular formula is C14H25NO. The van der Waals surface area contributed by atoms with E-state index in [4.69, 9.17) is 0 Å². The number of nitrogens with zero attached hydrogens (tertiary/aromatic N) is 1. The Balaban J connectivity index is 1.29. The minimum atomic E-state index is -0.270. The number of hydrogen-bond acceptors (Lipinski definition) is 2. The molecule has 1 N–H and O–H groups in total. The normalized spacial score (nSPS) is 30.6. The first-order chi connectivity index (χ1) is 7.76. The van der Waals surface area contributed by atoms with Gasteiger partial charge in [-0.2, -0.15) is 0 Å². The molecule has 2 saturated carbocycles. The lowest BCUT2D eigenvalue weighted by molar-refractivity contribution is -0.113. The first-order valence-electron chi connectivity index (χ1n) is 7.21. The molecule has 0 unspecified atom stereocenters. The second-order valence-corrected chi connectivity index (χ2v) is 6.38. The molecule has 92 valence electrons. The molecule has 0 radical (unpaired) electrons. The Bertz CT molecular complexity index is 237. The molecule has 2 nitrogen and oxygen atoms in total. The van der Waals surface area contributed by atoms with E-state index in [1.54, 1.807) is 0 Å². The number of hydrogen-bond donors (Lipinski definition) is 1. The summed E-state index contributed by atoms with van der Waals surface area (Å²) >= 11 is 0. The molecule has 0 amide bonds. The lowest BCUT2D eigenvalue weighted by Crippen LogP contribution is -2.63. The van der Waals surface area contributed by atoms with Crippen LogP contribution in [0.4, 0.5) is 0 Å². The van der Waals surface area contributed by atoms with E-state index in [0.717, 1.165) is 19.0 Å². The minimum Gasteiger partial charge on any atom is -0.387 e. The highest BCUT2D eigenvalue weighted by Gasteiger charge is 2.51. The van der Waals surface area contributed by atoms with Gasteiger partial charge in [0.2, 0.25) is 0 Å². The fourth-order valence-corrected chi connectivity index (χ4v) is 3.67. The van der Waals surface area contributed by atoms with Crippen LogP contribution in [0.15, 0.2) is 0 Å². The maximum Gasteiger partial charge on any atom is 0.0928 e. The van der Waals surface area contributed by atoms with Crippen molar-refractivity contribution in [3.63, 3.8) is 0 Å². The van der Waals surface area contributed by atoms with Crippen molar-refractivity contribution < 1.29 is 5.11 Å². The third kappa shape index (κ3) is 2.28. The molecule has 1 saturated heterocycles. The third-order valence-electron chi connectivity index (χ3n) is 4.89. The molecule has 0 bridgehead atoms. The summed E-state index contributed by atoms with van der Waals surface area (Å²) in [6.07, 6.45) is 11.2. The zero-order valence-electron chi connectivity index (χ0n) is 10.3. The Morgan fingerprint density at radius 1 is 1.06 bits per heavy atom. The third-order valence-corrected chi connectivity index (χ3v) is 4.89. The highest BCUT2D eigenvalue weighted by Crippen LogP contribution is 2.44. The van der Waals surface area contributed by atoms with E-state index < -0.39 is 0 Å². The summed E-state index contributed by atoms with van der Waals surface area (Å²) in [6.45, 7) is 3.15. The zero-order valence-corrected chi connectivity index (χ0v) is 10.3. The zero-order chi connectivity index (χ0) is 11.0. The predicted molar refractivity (Wildman–Crippen MR) is 65.3 cm³/mol. The lowest BCUT2D eigenvalue weighted by Gasteiger charge is -2.47. The van der Waals surface area contributed by atoms with Gasteiger partial charge in [0.15, 0.2) is 0 Å². The summed E-state index contributed by atoms with van der Waals surface area (Å²) in [7, 11) is 0. The van der Waals surface area contributed by atoms with Crippen LogP contribution in [0.1, 0.15) is 51.4 Å². The standard InChI is InChI=1S/C14H25NO/c16-14(13-7-8-13)10-15(11-14)9-3-6-12-4-1-2-5-12/h12-13,16H,1-11H2. The molecule has 1 heterocycles. The fourth-order valence-electron chi connectivity index (χ4n) is 3.67. The van der Waals surface area contributed by atoms with Crippen LogP contribution in [0.25, 0.3) is 0 Å². The molecule has 2 heteroatoms. The van der Waals surface area contributed by atoms with Gasteiger partial charge in [0.25, 0.3) is 0 Å². The van der Waals surface area contributed by atoms with E-state index in [-0.39, 0.29) is 5.60 Å². The summed E-state index contributed by atoms with van der Waals surface area (Å²) in [6, 6.07) is 0. The van der Waals surface area contributed by atoms with E-state index in [2.05, 4.69) is 4.90 Å². The minimum absolute atomic E-state index is 0.270. The Morgan fingerprint density at radius 2 is 1.75 bits per heavy atom. The van der Waals surface area contributed by atoms with E-state index in [0.29, 0.717) is 5.92 Å². The Morgan fingerprint density at radius 3 is 2.38 bits per heavy atom. The number of aliphatic hydroxyl groups is 1. The summed E-state index contributed by atoms with van der Waals surface area (Å²) in [5.41, 5.74) is -0.270. The summed E-state index contributed by atoms with van der Waals surface area (Å²) in [4.78, 5) is 2.45. The van der Waals surface area contributed by atoms with Gasteiger partial charge in [0.1, 0.15) is 0 Å². The highest BCUT2D eigenvalue weighted by molar-refractivity contribution is 5.05. The maximum absolute atomic E-state index is 10.2. The second-order valence-electron chi connectivity index (χ2n) is 6.38. The molecule has 0 spiro atoms. The quantitative estimate of drug-likeness (QED) is 0.773. The average molecular weight is 223 g/mol. The lowest BCUT2D eigenvalue weighted by atomic mass is 9.88. The predicted octanol–water partition coefficient (Wildman–Crippen LogP) is 2.41. The molecular weight excluding hydrogens is 198 g/mol. The van der Waals surface area contributed by atoms with Crippen molar-refractivity contribution in [1.82, 2.24) is 4.90 Å². The summed E-state index contributed by atoms with van der Waals surface area (Å²) in [5, 5.41) is 10.2. The molecule has 3 rings (SSSR count). The second kappa shape index (κ2) is 4.30. The molecule has 0 atom stereocenters. The van der Waals surface area contributed by atoms with Gasteiger partial charge in [-0.25, -0.2) is 0 Å². The SMILES string of the molecule is OC1(C2CC2)CN(CCCC2CCCC2)C1. The number of β-amino-alcohol motifs (C(OH)–C–C–N with tert-alkyl or cyclic N) is 1. The average Bonchev–Trinajstić information content (AvgIpc) is 2.95. The molecule has 3 aliphatic rings. The molecule has 1 aliphatic heterocycles. The summed E-state index contributed by atoms with van der Waals surface area (Å²) < 4.78 is 0. The van der Waals surface area contributed by atoms with Gasteiger partial charge in [0, 0.05) is 13.1 Å². The smallest absolute Gasteiger partial charge is 0.0928 e. The number of rotatable bonds is 5. The largest absolute Gasteiger partial charge is 0.387 e. The monoisotopic (exact) mass is 223 g/mol. The van der Waals surface area contributed by atoms with Crippen molar-refractivity contribution in [2.45, 2.75) is 57.0 Å². The molecule has 3 fully saturated rings. The van der Waals surface area contributed by atoms with Crippen molar-refractivity contribution in [2.75, 3.05) is 19.6 Å². The molecule has 2 aliphatic carbocycles. The van der Waals surface area contributed by atoms with E-state index >= 15 is 0 Å². The van der Waals surface area contributed by atoms with Crippen LogP contribution in [-0.4, -0.2) is 35.2 Å². The first kappa shape index (κ1) is 11.0. The van der Waals surface area contributed by atoms with Crippen molar-refractivity contribution >= 4 is 0 Å². The van der Waals surface area contributed by atoms with E-state index in [1.165, 1.54) is 57.9 Å². The van der Waals surface area contributed by atoms with Crippen LogP contribution in [-0.2, 0) is 0 Å². The van der Waals surface area contributed by atoms with Gasteiger partial charge < -0.3 is 5.11 Å².